The summed E-state index contributed by atoms with van der Waals surface area (Å²) in [4.78, 5) is 8.70. The Morgan fingerprint density at radius 1 is 0.938 bits per heavy atom. The van der Waals surface area contributed by atoms with Gasteiger partial charge in [-0.2, -0.15) is 10.4 Å². The highest BCUT2D eigenvalue weighted by molar-refractivity contribution is 7.14. The smallest absolute Gasteiger partial charge is 0.147 e. The molecule has 0 N–H and O–H groups in total. The van der Waals surface area contributed by atoms with Gasteiger partial charge in [-0.3, -0.25) is 0 Å². The molecule has 162 valence electrons. The SMILES string of the molecule is Cc1nc(-c2ccc(OCCCCCOc3ccc(C#N)cc3)cc2)c(-n2cncn2)s1. The second-order valence-corrected chi connectivity index (χ2v) is 8.33. The Bertz CT molecular complexity index is 1160. The molecular weight excluding hydrogens is 422 g/mol. The number of nitriles is 1. The fourth-order valence-electron chi connectivity index (χ4n) is 3.17. The van der Waals surface area contributed by atoms with E-state index >= 15 is 0 Å². The summed E-state index contributed by atoms with van der Waals surface area (Å²) in [5.74, 6) is 1.64. The van der Waals surface area contributed by atoms with Gasteiger partial charge in [0.2, 0.25) is 0 Å². The summed E-state index contributed by atoms with van der Waals surface area (Å²) >= 11 is 1.59. The van der Waals surface area contributed by atoms with Crippen LogP contribution in [0.1, 0.15) is 29.8 Å². The van der Waals surface area contributed by atoms with E-state index in [2.05, 4.69) is 21.1 Å². The number of aryl methyl sites for hydroxylation is 1. The lowest BCUT2D eigenvalue weighted by atomic mass is 10.1. The average Bonchev–Trinajstić information content (AvgIpc) is 3.49. The summed E-state index contributed by atoms with van der Waals surface area (Å²) < 4.78 is 13.3. The molecule has 2 aromatic carbocycles. The number of unbranched alkanes of at least 4 members (excludes halogenated alkanes) is 2. The van der Waals surface area contributed by atoms with Crippen LogP contribution in [0.3, 0.4) is 0 Å². The van der Waals surface area contributed by atoms with Crippen LogP contribution in [-0.4, -0.2) is 33.0 Å². The summed E-state index contributed by atoms with van der Waals surface area (Å²) in [5.41, 5.74) is 2.55. The van der Waals surface area contributed by atoms with Crippen LogP contribution in [0.15, 0.2) is 61.2 Å². The molecule has 0 saturated heterocycles. The van der Waals surface area contributed by atoms with E-state index < -0.39 is 0 Å². The topological polar surface area (TPSA) is 85.9 Å². The fourth-order valence-corrected chi connectivity index (χ4v) is 4.03. The van der Waals surface area contributed by atoms with Gasteiger partial charge in [0.15, 0.2) is 0 Å². The van der Waals surface area contributed by atoms with Crippen LogP contribution >= 0.6 is 11.3 Å². The van der Waals surface area contributed by atoms with E-state index in [0.717, 1.165) is 52.0 Å². The largest absolute Gasteiger partial charge is 0.494 e. The van der Waals surface area contributed by atoms with Crippen molar-refractivity contribution < 1.29 is 9.47 Å². The van der Waals surface area contributed by atoms with E-state index in [0.29, 0.717) is 18.8 Å². The number of hydrogen-bond donors (Lipinski definition) is 0. The lowest BCUT2D eigenvalue weighted by Gasteiger charge is -2.08. The van der Waals surface area contributed by atoms with Gasteiger partial charge < -0.3 is 9.47 Å². The summed E-state index contributed by atoms with van der Waals surface area (Å²) in [6, 6.07) is 17.3. The van der Waals surface area contributed by atoms with Crippen LogP contribution in [0.2, 0.25) is 0 Å². The van der Waals surface area contributed by atoms with Crippen molar-refractivity contribution in [1.82, 2.24) is 19.7 Å². The van der Waals surface area contributed by atoms with Crippen molar-refractivity contribution in [2.75, 3.05) is 13.2 Å². The van der Waals surface area contributed by atoms with Crippen molar-refractivity contribution in [2.45, 2.75) is 26.2 Å². The van der Waals surface area contributed by atoms with Crippen molar-refractivity contribution in [3.05, 3.63) is 71.8 Å². The summed E-state index contributed by atoms with van der Waals surface area (Å²) in [7, 11) is 0. The highest BCUT2D eigenvalue weighted by Gasteiger charge is 2.13. The number of nitrogens with zero attached hydrogens (tertiary/aromatic N) is 5. The zero-order valence-corrected chi connectivity index (χ0v) is 18.6. The number of ether oxygens (including phenoxy) is 2. The lowest BCUT2D eigenvalue weighted by molar-refractivity contribution is 0.279. The first-order valence-corrected chi connectivity index (χ1v) is 11.2. The molecule has 0 unspecified atom stereocenters. The van der Waals surface area contributed by atoms with Crippen LogP contribution in [0.4, 0.5) is 0 Å². The number of thiazole rings is 1. The first-order valence-electron chi connectivity index (χ1n) is 10.4. The molecule has 8 heteroatoms. The van der Waals surface area contributed by atoms with E-state index in [9.17, 15) is 0 Å². The first kappa shape index (κ1) is 21.5. The third-order valence-electron chi connectivity index (χ3n) is 4.78. The highest BCUT2D eigenvalue weighted by atomic mass is 32.1. The summed E-state index contributed by atoms with van der Waals surface area (Å²) in [5, 5.41) is 15.0. The summed E-state index contributed by atoms with van der Waals surface area (Å²) in [6.45, 7) is 3.31. The third kappa shape index (κ3) is 5.50. The Labute approximate surface area is 190 Å². The molecule has 0 aliphatic carbocycles. The minimum Gasteiger partial charge on any atom is -0.494 e. The third-order valence-corrected chi connectivity index (χ3v) is 5.74. The van der Waals surface area contributed by atoms with Crippen LogP contribution < -0.4 is 9.47 Å². The highest BCUT2D eigenvalue weighted by Crippen LogP contribution is 2.31. The zero-order chi connectivity index (χ0) is 22.2. The minimum absolute atomic E-state index is 0.639. The monoisotopic (exact) mass is 445 g/mol. The Morgan fingerprint density at radius 2 is 1.59 bits per heavy atom. The molecule has 0 radical (unpaired) electrons. The molecule has 32 heavy (non-hydrogen) atoms. The lowest BCUT2D eigenvalue weighted by Crippen LogP contribution is -2.01. The van der Waals surface area contributed by atoms with E-state index in [1.165, 1.54) is 6.33 Å². The minimum atomic E-state index is 0.639. The molecule has 4 rings (SSSR count). The fraction of sp³-hybridized carbons (Fsp3) is 0.250. The van der Waals surface area contributed by atoms with Gasteiger partial charge in [-0.25, -0.2) is 14.6 Å². The maximum Gasteiger partial charge on any atom is 0.147 e. The molecule has 0 bridgehead atoms. The molecular formula is C24H23N5O2S. The number of benzene rings is 2. The van der Waals surface area contributed by atoms with Crippen molar-refractivity contribution in [3.63, 3.8) is 0 Å². The molecule has 0 aliphatic rings. The number of aromatic nitrogens is 4. The van der Waals surface area contributed by atoms with Crippen LogP contribution in [0.25, 0.3) is 16.3 Å². The van der Waals surface area contributed by atoms with Crippen LogP contribution in [0, 0.1) is 18.3 Å². The van der Waals surface area contributed by atoms with E-state index in [1.54, 1.807) is 34.5 Å². The van der Waals surface area contributed by atoms with Crippen molar-refractivity contribution >= 4 is 11.3 Å². The van der Waals surface area contributed by atoms with Crippen LogP contribution in [0.5, 0.6) is 11.5 Å². The second kappa shape index (κ2) is 10.6. The van der Waals surface area contributed by atoms with Crippen molar-refractivity contribution in [2.24, 2.45) is 0 Å². The molecule has 0 fully saturated rings. The molecule has 0 saturated carbocycles. The maximum atomic E-state index is 8.81. The Kier molecular flexibility index (Phi) is 7.10. The maximum absolute atomic E-state index is 8.81. The predicted molar refractivity (Wildman–Crippen MR) is 123 cm³/mol. The van der Waals surface area contributed by atoms with Gasteiger partial charge in [0.25, 0.3) is 0 Å². The van der Waals surface area contributed by atoms with Crippen molar-refractivity contribution in [3.8, 4) is 33.8 Å². The van der Waals surface area contributed by atoms with Crippen LogP contribution in [-0.2, 0) is 0 Å². The zero-order valence-electron chi connectivity index (χ0n) is 17.8. The van der Waals surface area contributed by atoms with E-state index in [1.807, 2.05) is 43.3 Å². The molecule has 7 nitrogen and oxygen atoms in total. The molecule has 0 spiro atoms. The van der Waals surface area contributed by atoms with Gasteiger partial charge in [0, 0.05) is 5.56 Å². The van der Waals surface area contributed by atoms with E-state index in [4.69, 9.17) is 14.7 Å². The first-order chi connectivity index (χ1) is 15.7. The standard InChI is InChI=1S/C24H23N5O2S/c1-18-28-23(24(32-18)29-17-26-16-27-29)20-7-11-22(12-8-20)31-14-4-2-3-13-30-21-9-5-19(15-25)6-10-21/h5-12,16-17H,2-4,13-14H2,1H3. The Hall–Kier alpha value is -3.70. The number of hydrogen-bond acceptors (Lipinski definition) is 7. The molecule has 2 aromatic heterocycles. The molecule has 2 heterocycles. The average molecular weight is 446 g/mol. The quantitative estimate of drug-likeness (QED) is 0.312. The normalized spacial score (nSPS) is 10.6. The molecule has 0 aliphatic heterocycles. The van der Waals surface area contributed by atoms with Gasteiger partial charge in [-0.1, -0.05) is 11.3 Å². The van der Waals surface area contributed by atoms with Gasteiger partial charge in [0.05, 0.1) is 29.9 Å². The van der Waals surface area contributed by atoms with Gasteiger partial charge in [-0.15, -0.1) is 0 Å². The summed E-state index contributed by atoms with van der Waals surface area (Å²) in [6.07, 6.45) is 6.14. The van der Waals surface area contributed by atoms with Gasteiger partial charge in [-0.05, 0) is 74.7 Å². The van der Waals surface area contributed by atoms with Crippen molar-refractivity contribution in [1.29, 1.82) is 5.26 Å². The predicted octanol–water partition coefficient (Wildman–Crippen LogP) is 5.20. The van der Waals surface area contributed by atoms with E-state index in [-0.39, 0.29) is 0 Å². The molecule has 0 atom stereocenters. The molecule has 4 aromatic rings. The second-order valence-electron chi connectivity index (χ2n) is 7.14. The molecule has 0 amide bonds. The number of rotatable bonds is 10. The van der Waals surface area contributed by atoms with Gasteiger partial charge >= 0.3 is 0 Å². The Balaban J connectivity index is 1.20. The Morgan fingerprint density at radius 3 is 2.19 bits per heavy atom. The van der Waals surface area contributed by atoms with Gasteiger partial charge in [0.1, 0.15) is 34.8 Å².